The number of hydrogen-bond acceptors (Lipinski definition) is 6. The van der Waals surface area contributed by atoms with Crippen molar-refractivity contribution in [2.24, 2.45) is 4.99 Å². The first kappa shape index (κ1) is 16.5. The molecular weight excluding hydrogens is 316 g/mol. The van der Waals surface area contributed by atoms with Crippen LogP contribution in [0.25, 0.3) is 0 Å². The van der Waals surface area contributed by atoms with Crippen LogP contribution in [0.15, 0.2) is 76.9 Å². The molecule has 6 heteroatoms. The molecule has 1 aliphatic rings. The standard InChI is InChI=1S/C19H18N4O2/c20-12-1-5-14(6-2-12)22-17-9-10-18(25)19(16(17)11-24)23-15-7-3-13(21)4-8-15/h1-10,22,24H,11,20-21H2. The molecule has 0 bridgehead atoms. The smallest absolute Gasteiger partial charge is 0.204 e. The number of nitrogens with two attached hydrogens (primary N) is 2. The van der Waals surface area contributed by atoms with Crippen molar-refractivity contribution < 1.29 is 9.90 Å². The predicted molar refractivity (Wildman–Crippen MR) is 101 cm³/mol. The number of benzene rings is 2. The number of aliphatic imine (C=N–C) groups is 1. The van der Waals surface area contributed by atoms with Crippen molar-refractivity contribution in [2.45, 2.75) is 0 Å². The van der Waals surface area contributed by atoms with Crippen LogP contribution in [0.3, 0.4) is 0 Å². The van der Waals surface area contributed by atoms with Crippen LogP contribution in [-0.4, -0.2) is 23.2 Å². The van der Waals surface area contributed by atoms with E-state index >= 15 is 0 Å². The van der Waals surface area contributed by atoms with E-state index in [-0.39, 0.29) is 18.1 Å². The van der Waals surface area contributed by atoms with Crippen LogP contribution in [0.5, 0.6) is 0 Å². The summed E-state index contributed by atoms with van der Waals surface area (Å²) in [6.07, 6.45) is 3.06. The molecule has 0 aliphatic heterocycles. The third kappa shape index (κ3) is 3.76. The van der Waals surface area contributed by atoms with Crippen molar-refractivity contribution in [3.63, 3.8) is 0 Å². The molecule has 126 valence electrons. The van der Waals surface area contributed by atoms with E-state index in [9.17, 15) is 9.90 Å². The Morgan fingerprint density at radius 3 is 2.12 bits per heavy atom. The summed E-state index contributed by atoms with van der Waals surface area (Å²) in [5, 5.41) is 13.0. The number of aliphatic hydroxyl groups excluding tert-OH is 1. The predicted octanol–water partition coefficient (Wildman–Crippen LogP) is 2.42. The van der Waals surface area contributed by atoms with Crippen LogP contribution >= 0.6 is 0 Å². The minimum Gasteiger partial charge on any atom is -0.399 e. The fraction of sp³-hybridized carbons (Fsp3) is 0.0526. The zero-order valence-electron chi connectivity index (χ0n) is 13.4. The second-order valence-electron chi connectivity index (χ2n) is 5.55. The van der Waals surface area contributed by atoms with E-state index in [4.69, 9.17) is 11.5 Å². The van der Waals surface area contributed by atoms with Crippen molar-refractivity contribution in [1.82, 2.24) is 0 Å². The highest BCUT2D eigenvalue weighted by molar-refractivity contribution is 6.51. The lowest BCUT2D eigenvalue weighted by molar-refractivity contribution is -0.108. The average molecular weight is 334 g/mol. The molecule has 1 aliphatic carbocycles. The molecular formula is C19H18N4O2. The maximum absolute atomic E-state index is 12.2. The molecule has 0 fully saturated rings. The molecule has 25 heavy (non-hydrogen) atoms. The first-order valence-corrected chi connectivity index (χ1v) is 7.70. The molecule has 0 amide bonds. The zero-order valence-corrected chi connectivity index (χ0v) is 13.4. The number of anilines is 3. The van der Waals surface area contributed by atoms with Gasteiger partial charge in [-0.25, -0.2) is 4.99 Å². The summed E-state index contributed by atoms with van der Waals surface area (Å²) >= 11 is 0. The van der Waals surface area contributed by atoms with Gasteiger partial charge in [-0.1, -0.05) is 0 Å². The van der Waals surface area contributed by atoms with E-state index < -0.39 is 0 Å². The molecule has 2 aromatic rings. The van der Waals surface area contributed by atoms with Gasteiger partial charge in [-0.2, -0.15) is 0 Å². The highest BCUT2D eigenvalue weighted by Gasteiger charge is 2.21. The second-order valence-corrected chi connectivity index (χ2v) is 5.55. The van der Waals surface area contributed by atoms with Gasteiger partial charge >= 0.3 is 0 Å². The topological polar surface area (TPSA) is 114 Å². The third-order valence-electron chi connectivity index (χ3n) is 3.73. The minimum absolute atomic E-state index is 0.202. The van der Waals surface area contributed by atoms with Gasteiger partial charge in [0.15, 0.2) is 0 Å². The SMILES string of the molecule is Nc1ccc(N=C2C(=O)C=CC(Nc3ccc(N)cc3)=C2CO)cc1. The number of nitrogen functional groups attached to an aromatic ring is 2. The number of allylic oxidation sites excluding steroid dienone is 2. The van der Waals surface area contributed by atoms with Crippen LogP contribution in [0.2, 0.25) is 0 Å². The summed E-state index contributed by atoms with van der Waals surface area (Å²) in [5.41, 5.74) is 15.2. The van der Waals surface area contributed by atoms with Crippen molar-refractivity contribution >= 4 is 34.2 Å². The summed E-state index contributed by atoms with van der Waals surface area (Å²) < 4.78 is 0. The fourth-order valence-corrected chi connectivity index (χ4v) is 2.41. The molecule has 0 unspecified atom stereocenters. The lowest BCUT2D eigenvalue weighted by Crippen LogP contribution is -2.23. The number of aliphatic hydroxyl groups is 1. The molecule has 0 aromatic heterocycles. The van der Waals surface area contributed by atoms with Crippen LogP contribution < -0.4 is 16.8 Å². The number of hydrogen-bond donors (Lipinski definition) is 4. The highest BCUT2D eigenvalue weighted by atomic mass is 16.3. The Kier molecular flexibility index (Phi) is 4.63. The van der Waals surface area contributed by atoms with Gasteiger partial charge in [-0.15, -0.1) is 0 Å². The Morgan fingerprint density at radius 1 is 0.920 bits per heavy atom. The van der Waals surface area contributed by atoms with E-state index in [1.807, 2.05) is 12.1 Å². The Hall–Kier alpha value is -3.38. The normalized spacial score (nSPS) is 15.7. The first-order valence-electron chi connectivity index (χ1n) is 7.70. The molecule has 0 heterocycles. The summed E-state index contributed by atoms with van der Waals surface area (Å²) in [5.74, 6) is -0.260. The van der Waals surface area contributed by atoms with Crippen molar-refractivity contribution in [1.29, 1.82) is 0 Å². The van der Waals surface area contributed by atoms with Gasteiger partial charge in [0.05, 0.1) is 12.3 Å². The third-order valence-corrected chi connectivity index (χ3v) is 3.73. The summed E-state index contributed by atoms with van der Waals surface area (Å²) in [7, 11) is 0. The maximum Gasteiger partial charge on any atom is 0.204 e. The fourth-order valence-electron chi connectivity index (χ4n) is 2.41. The average Bonchev–Trinajstić information content (AvgIpc) is 2.61. The Labute approximate surface area is 145 Å². The number of rotatable bonds is 4. The largest absolute Gasteiger partial charge is 0.399 e. The van der Waals surface area contributed by atoms with Gasteiger partial charge in [-0.3, -0.25) is 4.79 Å². The van der Waals surface area contributed by atoms with Crippen LogP contribution in [0, 0.1) is 0 Å². The van der Waals surface area contributed by atoms with Gasteiger partial charge in [0.2, 0.25) is 5.78 Å². The lowest BCUT2D eigenvalue weighted by atomic mass is 9.98. The van der Waals surface area contributed by atoms with E-state index in [1.165, 1.54) is 6.08 Å². The van der Waals surface area contributed by atoms with Crippen LogP contribution in [-0.2, 0) is 4.79 Å². The molecule has 3 rings (SSSR count). The Morgan fingerprint density at radius 2 is 1.52 bits per heavy atom. The van der Waals surface area contributed by atoms with E-state index in [1.54, 1.807) is 42.5 Å². The van der Waals surface area contributed by atoms with Gasteiger partial charge in [0, 0.05) is 28.3 Å². The van der Waals surface area contributed by atoms with E-state index in [0.29, 0.717) is 28.3 Å². The van der Waals surface area contributed by atoms with E-state index in [0.717, 1.165) is 5.69 Å². The molecule has 0 radical (unpaired) electrons. The molecule has 6 nitrogen and oxygen atoms in total. The number of nitrogens with one attached hydrogen (secondary N) is 1. The van der Waals surface area contributed by atoms with Gasteiger partial charge in [0.1, 0.15) is 5.71 Å². The maximum atomic E-state index is 12.2. The number of ketones is 1. The molecule has 2 aromatic carbocycles. The quantitative estimate of drug-likeness (QED) is 0.506. The van der Waals surface area contributed by atoms with Crippen molar-refractivity contribution in [3.05, 3.63) is 72.0 Å². The minimum atomic E-state index is -0.318. The van der Waals surface area contributed by atoms with Crippen LogP contribution in [0.1, 0.15) is 0 Å². The van der Waals surface area contributed by atoms with Gasteiger partial charge < -0.3 is 21.9 Å². The highest BCUT2D eigenvalue weighted by Crippen LogP contribution is 2.22. The summed E-state index contributed by atoms with van der Waals surface area (Å²) in [4.78, 5) is 16.6. The number of carbonyl (C=O) groups excluding carboxylic acids is 1. The first-order chi connectivity index (χ1) is 12.1. The van der Waals surface area contributed by atoms with Gasteiger partial charge in [-0.05, 0) is 60.7 Å². The monoisotopic (exact) mass is 334 g/mol. The van der Waals surface area contributed by atoms with Crippen molar-refractivity contribution in [2.75, 3.05) is 23.4 Å². The van der Waals surface area contributed by atoms with Crippen molar-refractivity contribution in [3.8, 4) is 0 Å². The Balaban J connectivity index is 1.98. The second kappa shape index (κ2) is 7.02. The molecule has 0 saturated carbocycles. The number of carbonyl (C=O) groups is 1. The molecule has 0 atom stereocenters. The van der Waals surface area contributed by atoms with Crippen LogP contribution in [0.4, 0.5) is 22.7 Å². The number of nitrogens with zero attached hydrogens (tertiary/aromatic N) is 1. The van der Waals surface area contributed by atoms with Gasteiger partial charge in [0.25, 0.3) is 0 Å². The lowest BCUT2D eigenvalue weighted by Gasteiger charge is -2.17. The molecule has 0 spiro atoms. The summed E-state index contributed by atoms with van der Waals surface area (Å²) in [6, 6.07) is 14.0. The van der Waals surface area contributed by atoms with E-state index in [2.05, 4.69) is 10.3 Å². The zero-order chi connectivity index (χ0) is 17.8. The Bertz CT molecular complexity index is 879. The summed E-state index contributed by atoms with van der Waals surface area (Å²) in [6.45, 7) is -0.318. The molecule has 0 saturated heterocycles. The molecule has 6 N–H and O–H groups in total.